The van der Waals surface area contributed by atoms with Crippen LogP contribution < -0.4 is 0 Å². The van der Waals surface area contributed by atoms with E-state index in [2.05, 4.69) is 15.5 Å². The molecule has 0 amide bonds. The smallest absolute Gasteiger partial charge is 0.325 e. The Morgan fingerprint density at radius 2 is 2.25 bits per heavy atom. The van der Waals surface area contributed by atoms with Crippen LogP contribution in [-0.2, 0) is 20.8 Å². The number of hydrogen-bond acceptors (Lipinski definition) is 8. The van der Waals surface area contributed by atoms with Crippen LogP contribution >= 0.6 is 11.8 Å². The van der Waals surface area contributed by atoms with Crippen LogP contribution in [-0.4, -0.2) is 74.7 Å². The van der Waals surface area contributed by atoms with Gasteiger partial charge >= 0.3 is 5.97 Å². The van der Waals surface area contributed by atoms with Crippen LogP contribution in [0.1, 0.15) is 6.92 Å². The molecule has 0 saturated heterocycles. The van der Waals surface area contributed by atoms with E-state index in [9.17, 15) is 9.90 Å². The maximum Gasteiger partial charge on any atom is 0.325 e. The molecule has 0 aromatic carbocycles. The summed E-state index contributed by atoms with van der Waals surface area (Å²) < 4.78 is 11.4. The Hall–Kier alpha value is -1.23. The molecular weight excluding hydrogens is 288 g/mol. The minimum atomic E-state index is -1.03. The summed E-state index contributed by atoms with van der Waals surface area (Å²) in [7, 11) is 1.58. The van der Waals surface area contributed by atoms with Crippen LogP contribution in [0.3, 0.4) is 0 Å². The normalized spacial score (nSPS) is 14.2. The third kappa shape index (κ3) is 6.28. The quantitative estimate of drug-likeness (QED) is 0.538. The van der Waals surface area contributed by atoms with Gasteiger partial charge < -0.3 is 19.7 Å². The van der Waals surface area contributed by atoms with Gasteiger partial charge in [0.15, 0.2) is 0 Å². The first-order valence-corrected chi connectivity index (χ1v) is 6.90. The molecule has 0 radical (unpaired) electrons. The predicted molar refractivity (Wildman–Crippen MR) is 69.5 cm³/mol. The number of tetrazole rings is 1. The summed E-state index contributed by atoms with van der Waals surface area (Å²) >= 11 is 1.17. The second kappa shape index (κ2) is 8.84. The van der Waals surface area contributed by atoms with E-state index in [0.717, 1.165) is 4.68 Å². The van der Waals surface area contributed by atoms with Gasteiger partial charge in [-0.1, -0.05) is 11.8 Å². The van der Waals surface area contributed by atoms with Gasteiger partial charge in [0, 0.05) is 12.9 Å². The lowest BCUT2D eigenvalue weighted by atomic mass is 10.4. The van der Waals surface area contributed by atoms with E-state index in [4.69, 9.17) is 14.6 Å². The minimum Gasteiger partial charge on any atom is -0.480 e. The molecule has 0 fully saturated rings. The van der Waals surface area contributed by atoms with E-state index in [1.54, 1.807) is 7.11 Å². The molecule has 0 aliphatic rings. The van der Waals surface area contributed by atoms with Crippen molar-refractivity contribution in [3.05, 3.63) is 0 Å². The van der Waals surface area contributed by atoms with Gasteiger partial charge in [-0.25, -0.2) is 4.68 Å². The summed E-state index contributed by atoms with van der Waals surface area (Å²) in [6, 6.07) is 0. The predicted octanol–water partition coefficient (Wildman–Crippen LogP) is -0.738. The lowest BCUT2D eigenvalue weighted by molar-refractivity contribution is -0.138. The average Bonchev–Trinajstić information content (AvgIpc) is 2.81. The standard InChI is InChI=1S/C10H18N4O5S/c1-7(4-18-2)19-5-8(15)6-20-10-11-12-13-14(10)3-9(16)17/h7-8,15H,3-6H2,1-2H3,(H,16,17). The van der Waals surface area contributed by atoms with E-state index in [1.165, 1.54) is 11.8 Å². The van der Waals surface area contributed by atoms with Gasteiger partial charge in [0.25, 0.3) is 0 Å². The number of carboxylic acids is 1. The number of aliphatic hydroxyl groups is 1. The first-order valence-electron chi connectivity index (χ1n) is 5.92. The molecule has 20 heavy (non-hydrogen) atoms. The number of nitrogens with zero attached hydrogens (tertiary/aromatic N) is 4. The Morgan fingerprint density at radius 3 is 2.90 bits per heavy atom. The summed E-state index contributed by atoms with van der Waals surface area (Å²) in [6.07, 6.45) is -0.800. The van der Waals surface area contributed by atoms with Crippen LogP contribution in [0, 0.1) is 0 Å². The van der Waals surface area contributed by atoms with Crippen molar-refractivity contribution in [2.45, 2.75) is 30.8 Å². The zero-order valence-electron chi connectivity index (χ0n) is 11.3. The molecular formula is C10H18N4O5S. The van der Waals surface area contributed by atoms with Crippen molar-refractivity contribution in [2.75, 3.05) is 26.1 Å². The Kier molecular flexibility index (Phi) is 7.44. The highest BCUT2D eigenvalue weighted by atomic mass is 32.2. The van der Waals surface area contributed by atoms with Crippen molar-refractivity contribution in [2.24, 2.45) is 0 Å². The fourth-order valence-electron chi connectivity index (χ4n) is 1.30. The Balaban J connectivity index is 2.32. The average molecular weight is 306 g/mol. The minimum absolute atomic E-state index is 0.100. The first kappa shape index (κ1) is 16.8. The number of methoxy groups -OCH3 is 1. The van der Waals surface area contributed by atoms with Gasteiger partial charge in [0.2, 0.25) is 5.16 Å². The van der Waals surface area contributed by atoms with Crippen LogP contribution in [0.15, 0.2) is 5.16 Å². The highest BCUT2D eigenvalue weighted by Gasteiger charge is 2.13. The molecule has 1 aromatic heterocycles. The summed E-state index contributed by atoms with van der Waals surface area (Å²) in [5.41, 5.74) is 0. The van der Waals surface area contributed by atoms with E-state index in [0.29, 0.717) is 17.5 Å². The molecule has 1 rings (SSSR count). The maximum atomic E-state index is 10.6. The lowest BCUT2D eigenvalue weighted by Gasteiger charge is -2.15. The van der Waals surface area contributed by atoms with Crippen LogP contribution in [0.25, 0.3) is 0 Å². The number of hydrogen-bond donors (Lipinski definition) is 2. The third-order valence-corrected chi connectivity index (χ3v) is 3.27. The van der Waals surface area contributed by atoms with Gasteiger partial charge in [-0.2, -0.15) is 0 Å². The molecule has 10 heteroatoms. The fourth-order valence-corrected chi connectivity index (χ4v) is 2.09. The second-order valence-electron chi connectivity index (χ2n) is 4.08. The molecule has 9 nitrogen and oxygen atoms in total. The molecule has 0 spiro atoms. The van der Waals surface area contributed by atoms with Crippen molar-refractivity contribution >= 4 is 17.7 Å². The number of rotatable bonds is 10. The van der Waals surface area contributed by atoms with Gasteiger partial charge in [-0.15, -0.1) is 5.10 Å². The summed E-state index contributed by atoms with van der Waals surface area (Å²) in [4.78, 5) is 10.6. The van der Waals surface area contributed by atoms with Crippen molar-refractivity contribution in [3.63, 3.8) is 0 Å². The first-order chi connectivity index (χ1) is 9.52. The Morgan fingerprint density at radius 1 is 1.50 bits per heavy atom. The van der Waals surface area contributed by atoms with E-state index in [-0.39, 0.29) is 19.3 Å². The van der Waals surface area contributed by atoms with Crippen LogP contribution in [0.5, 0.6) is 0 Å². The van der Waals surface area contributed by atoms with Crippen molar-refractivity contribution in [3.8, 4) is 0 Å². The molecule has 0 aliphatic carbocycles. The molecule has 2 unspecified atom stereocenters. The zero-order valence-corrected chi connectivity index (χ0v) is 12.1. The lowest BCUT2D eigenvalue weighted by Crippen LogP contribution is -2.24. The highest BCUT2D eigenvalue weighted by Crippen LogP contribution is 2.15. The highest BCUT2D eigenvalue weighted by molar-refractivity contribution is 7.99. The van der Waals surface area contributed by atoms with Crippen molar-refractivity contribution in [1.82, 2.24) is 20.2 Å². The number of aliphatic carboxylic acids is 1. The number of carbonyl (C=O) groups is 1. The van der Waals surface area contributed by atoms with E-state index < -0.39 is 12.1 Å². The molecule has 0 saturated carbocycles. The fraction of sp³-hybridized carbons (Fsp3) is 0.800. The number of ether oxygens (including phenoxy) is 2. The third-order valence-electron chi connectivity index (χ3n) is 2.16. The summed E-state index contributed by atoms with van der Waals surface area (Å²) in [5.74, 6) is -0.726. The molecule has 114 valence electrons. The molecule has 1 aromatic rings. The van der Waals surface area contributed by atoms with Gasteiger partial charge in [0.05, 0.1) is 25.4 Å². The molecule has 0 bridgehead atoms. The van der Waals surface area contributed by atoms with E-state index in [1.807, 2.05) is 6.92 Å². The number of aliphatic hydroxyl groups excluding tert-OH is 1. The largest absolute Gasteiger partial charge is 0.480 e. The molecule has 1 heterocycles. The zero-order chi connectivity index (χ0) is 15.0. The van der Waals surface area contributed by atoms with E-state index >= 15 is 0 Å². The number of carboxylic acid groups (broad SMARTS) is 1. The maximum absolute atomic E-state index is 10.6. The van der Waals surface area contributed by atoms with Crippen molar-refractivity contribution in [1.29, 1.82) is 0 Å². The number of aromatic nitrogens is 4. The van der Waals surface area contributed by atoms with Crippen LogP contribution in [0.4, 0.5) is 0 Å². The summed E-state index contributed by atoms with van der Waals surface area (Å²) in [5, 5.41) is 29.4. The number of thioether (sulfide) groups is 1. The van der Waals surface area contributed by atoms with Crippen molar-refractivity contribution < 1.29 is 24.5 Å². The second-order valence-corrected chi connectivity index (χ2v) is 5.06. The topological polar surface area (TPSA) is 120 Å². The molecule has 2 atom stereocenters. The van der Waals surface area contributed by atoms with Crippen LogP contribution in [0.2, 0.25) is 0 Å². The monoisotopic (exact) mass is 306 g/mol. The summed E-state index contributed by atoms with van der Waals surface area (Å²) in [6.45, 7) is 2.15. The molecule has 0 aliphatic heterocycles. The Labute approximate surface area is 120 Å². The van der Waals surface area contributed by atoms with Gasteiger partial charge in [-0.3, -0.25) is 4.79 Å². The molecule has 2 N–H and O–H groups in total. The SMILES string of the molecule is COCC(C)OCC(O)CSc1nnnn1CC(=O)O. The van der Waals surface area contributed by atoms with Gasteiger partial charge in [-0.05, 0) is 17.4 Å². The van der Waals surface area contributed by atoms with Gasteiger partial charge in [0.1, 0.15) is 6.54 Å². The Bertz CT molecular complexity index is 416.